The molecule has 18 heteroatoms. The van der Waals surface area contributed by atoms with Gasteiger partial charge in [0, 0.05) is 19.3 Å². The van der Waals surface area contributed by atoms with E-state index in [9.17, 15) is 43.5 Å². The molecule has 0 aliphatic carbocycles. The van der Waals surface area contributed by atoms with Crippen molar-refractivity contribution >= 4 is 33.6 Å². The number of rotatable bonds is 100. The fourth-order valence-electron chi connectivity index (χ4n) is 14.6. The number of carbonyl (C=O) groups excluding carboxylic acids is 3. The largest absolute Gasteiger partial charge is 0.472 e. The van der Waals surface area contributed by atoms with Crippen LogP contribution in [0.4, 0.5) is 0 Å². The number of hydrogen-bond acceptors (Lipinski definition) is 14. The molecule has 0 aromatic rings. The van der Waals surface area contributed by atoms with E-state index in [1.54, 1.807) is 0 Å². The van der Waals surface area contributed by atoms with Crippen LogP contribution in [-0.2, 0) is 55.8 Å². The van der Waals surface area contributed by atoms with Gasteiger partial charge in [0.1, 0.15) is 25.4 Å². The summed E-state index contributed by atoms with van der Waals surface area (Å²) >= 11 is 0. The lowest BCUT2D eigenvalue weighted by atomic mass is 10.0. The molecule has 5 atom stereocenters. The summed E-state index contributed by atoms with van der Waals surface area (Å²) in [5, 5.41) is 20.8. The van der Waals surface area contributed by atoms with Gasteiger partial charge in [-0.15, -0.1) is 0 Å². The van der Waals surface area contributed by atoms with Crippen molar-refractivity contribution in [3.8, 4) is 0 Å². The van der Waals surface area contributed by atoms with E-state index in [-0.39, 0.29) is 19.3 Å². The summed E-state index contributed by atoms with van der Waals surface area (Å²) in [7, 11) is -9.83. The second-order valence-corrected chi connectivity index (χ2v) is 38.2. The van der Waals surface area contributed by atoms with Crippen LogP contribution in [0.1, 0.15) is 445 Å². The van der Waals surface area contributed by atoms with Crippen LogP contribution in [0.3, 0.4) is 0 Å². The van der Waals surface area contributed by atoms with Crippen molar-refractivity contribution in [3.63, 3.8) is 0 Å². The molecule has 0 fully saturated rings. The van der Waals surface area contributed by atoms with Gasteiger partial charge in [0.15, 0.2) is 6.10 Å². The van der Waals surface area contributed by atoms with Gasteiger partial charge in [-0.1, -0.05) is 465 Å². The number of phosphoric ester groups is 2. The number of phosphoric acid groups is 2. The average Bonchev–Trinajstić information content (AvgIpc) is 0.896. The summed E-state index contributed by atoms with van der Waals surface area (Å²) in [6.45, 7) is 2.41. The SMILES string of the molecule is CC/C=C\C/C=C\C/C=C\C/C=C\C/C=C\C/C=C\CCCCCCCCCCCCCCCCCCC(=O)OCC(O)COP(=O)(O)OCC(O)COP(=O)(O)OCC(COC(=O)CCCCCCCCCCCCCC/C=C\C/C=C\C/C=C\C/C=C\C/C=C\C/C=C\CC)OC(=O)CCCCCCCCCCCCCCCCC/C=C\C/C=C\C/C=C\C/C=C\C/C=C\CC. The molecule has 0 aromatic carbocycles. The summed E-state index contributed by atoms with van der Waals surface area (Å²) in [6, 6.07) is 0. The van der Waals surface area contributed by atoms with Crippen molar-refractivity contribution in [2.75, 3.05) is 39.6 Å². The topological polar surface area (TPSA) is 231 Å². The molecule has 0 aliphatic rings. The van der Waals surface area contributed by atoms with Crippen LogP contribution in [0.15, 0.2) is 207 Å². The van der Waals surface area contributed by atoms with Crippen LogP contribution in [0.2, 0.25) is 0 Å². The Morgan fingerprint density at radius 3 is 0.594 bits per heavy atom. The Morgan fingerprint density at radius 2 is 0.376 bits per heavy atom. The summed E-state index contributed by atoms with van der Waals surface area (Å²) < 4.78 is 61.8. The second-order valence-electron chi connectivity index (χ2n) is 35.3. The third-order valence-corrected chi connectivity index (χ3v) is 24.4. The van der Waals surface area contributed by atoms with Gasteiger partial charge in [-0.25, -0.2) is 9.13 Å². The molecule has 0 radical (unpaired) electrons. The van der Waals surface area contributed by atoms with Gasteiger partial charge in [-0.3, -0.25) is 32.5 Å². The van der Waals surface area contributed by atoms with Crippen molar-refractivity contribution in [2.24, 2.45) is 0 Å². The van der Waals surface area contributed by atoms with Gasteiger partial charge in [0.05, 0.1) is 26.4 Å². The molecule has 0 rings (SSSR count). The molecule has 0 saturated heterocycles. The Balaban J connectivity index is 4.62. The van der Waals surface area contributed by atoms with Crippen molar-refractivity contribution in [1.29, 1.82) is 0 Å². The van der Waals surface area contributed by atoms with Gasteiger partial charge < -0.3 is 34.2 Å². The first-order chi connectivity index (χ1) is 65.2. The van der Waals surface area contributed by atoms with Gasteiger partial charge in [0.2, 0.25) is 0 Å². The zero-order chi connectivity index (χ0) is 96.4. The minimum atomic E-state index is -4.95. The maximum atomic E-state index is 13.2. The van der Waals surface area contributed by atoms with Crippen molar-refractivity contribution in [3.05, 3.63) is 207 Å². The molecule has 5 unspecified atom stereocenters. The Kier molecular flexibility index (Phi) is 100. The predicted molar refractivity (Wildman–Crippen MR) is 564 cm³/mol. The van der Waals surface area contributed by atoms with E-state index in [1.807, 2.05) is 0 Å². The van der Waals surface area contributed by atoms with Crippen molar-refractivity contribution < 1.29 is 75.8 Å². The summed E-state index contributed by atoms with van der Waals surface area (Å²) in [4.78, 5) is 59.3. The van der Waals surface area contributed by atoms with E-state index >= 15 is 0 Å². The monoisotopic (exact) mass is 1890 g/mol. The molecule has 0 amide bonds. The summed E-state index contributed by atoms with van der Waals surface area (Å²) in [6.07, 6.45) is 143. The molecule has 0 aliphatic heterocycles. The first kappa shape index (κ1) is 127. The molecule has 0 heterocycles. The van der Waals surface area contributed by atoms with E-state index in [1.165, 1.54) is 193 Å². The lowest BCUT2D eigenvalue weighted by molar-refractivity contribution is -0.161. The lowest BCUT2D eigenvalue weighted by Gasteiger charge is -2.21. The van der Waals surface area contributed by atoms with E-state index in [0.717, 1.165) is 193 Å². The molecule has 760 valence electrons. The van der Waals surface area contributed by atoms with Gasteiger partial charge in [0.25, 0.3) is 0 Å². The third-order valence-electron chi connectivity index (χ3n) is 22.5. The molecule has 4 N–H and O–H groups in total. The van der Waals surface area contributed by atoms with Gasteiger partial charge in [-0.05, 0) is 167 Å². The highest BCUT2D eigenvalue weighted by Gasteiger charge is 2.30. The van der Waals surface area contributed by atoms with Crippen LogP contribution in [-0.4, -0.2) is 95.9 Å². The standard InChI is InChI=1S/C115H194O16P2/c1-4-7-10-13-16-19-22-25-28-31-34-37-40-43-46-49-52-53-54-55-58-60-62-65-68-71-74-77-80-83-86-89-92-95-98-101-113(118)125-104-110(116)105-127-132(121,122)128-106-111(117)107-129-133(123,124)130-109-112(131-115(120)103-100-97-94-91-88-85-82-79-76-73-70-67-64-61-57-51-48-45-42-39-36-33-30-27-24-21-18-15-12-9-6-3)108-126-114(119)102-99-96-93-90-87-84-81-78-75-72-69-66-63-59-56-50-47-44-41-38-35-32-29-26-23-20-17-14-11-8-5-2/h7-12,16-21,25-30,34-39,43-48,52-53,56,59,110-112,116-117H,4-6,13-15,22-24,31-33,40-42,49-51,54-55,57-58,60-109H2,1-3H3,(H,121,122)(H,123,124)/b10-7-,11-8-,12-9-,19-16-,20-17-,21-18-,28-25-,29-26-,30-27-,37-34-,38-35-,39-36-,46-43-,47-44-,48-45-,53-52-,59-56-. The number of aliphatic hydroxyl groups excluding tert-OH is 2. The van der Waals surface area contributed by atoms with Crippen LogP contribution in [0, 0.1) is 0 Å². The molecule has 16 nitrogen and oxygen atoms in total. The number of ether oxygens (including phenoxy) is 3. The molecule has 0 saturated carbocycles. The molecular weight excluding hydrogens is 1700 g/mol. The number of aliphatic hydroxyl groups is 2. The molecule has 0 bridgehead atoms. The highest BCUT2D eigenvalue weighted by molar-refractivity contribution is 7.47. The van der Waals surface area contributed by atoms with E-state index < -0.39 is 91.5 Å². The number of allylic oxidation sites excluding steroid dienone is 34. The van der Waals surface area contributed by atoms with Crippen LogP contribution < -0.4 is 0 Å². The first-order valence-electron chi connectivity index (χ1n) is 53.4. The fourth-order valence-corrected chi connectivity index (χ4v) is 16.1. The van der Waals surface area contributed by atoms with Crippen LogP contribution >= 0.6 is 15.6 Å². The maximum Gasteiger partial charge on any atom is 0.472 e. The van der Waals surface area contributed by atoms with Gasteiger partial charge >= 0.3 is 33.6 Å². The highest BCUT2D eigenvalue weighted by atomic mass is 31.2. The van der Waals surface area contributed by atoms with Gasteiger partial charge in [-0.2, -0.15) is 0 Å². The normalized spacial score (nSPS) is 14.4. The van der Waals surface area contributed by atoms with Crippen LogP contribution in [0.25, 0.3) is 0 Å². The fraction of sp³-hybridized carbons (Fsp3) is 0.678. The second kappa shape index (κ2) is 105. The molecule has 133 heavy (non-hydrogen) atoms. The summed E-state index contributed by atoms with van der Waals surface area (Å²) in [5.41, 5.74) is 0. The number of unbranched alkanes of at least 4 members (excludes halogenated alkanes) is 43. The Bertz CT molecular complexity index is 3250. The zero-order valence-corrected chi connectivity index (χ0v) is 86.1. The molecular formula is C115H194O16P2. The Labute approximate surface area is 813 Å². The zero-order valence-electron chi connectivity index (χ0n) is 84.4. The minimum absolute atomic E-state index is 0.0995. The molecule has 0 aromatic heterocycles. The smallest absolute Gasteiger partial charge is 0.463 e. The number of carbonyl (C=O) groups is 3. The van der Waals surface area contributed by atoms with E-state index in [4.69, 9.17) is 32.3 Å². The van der Waals surface area contributed by atoms with Crippen molar-refractivity contribution in [2.45, 2.75) is 463 Å². The highest BCUT2D eigenvalue weighted by Crippen LogP contribution is 2.45. The van der Waals surface area contributed by atoms with E-state index in [0.29, 0.717) is 19.3 Å². The minimum Gasteiger partial charge on any atom is -0.463 e. The van der Waals surface area contributed by atoms with E-state index in [2.05, 4.69) is 227 Å². The lowest BCUT2D eigenvalue weighted by Crippen LogP contribution is -2.30. The summed E-state index contributed by atoms with van der Waals surface area (Å²) in [5.74, 6) is -1.56. The van der Waals surface area contributed by atoms with Crippen LogP contribution in [0.5, 0.6) is 0 Å². The maximum absolute atomic E-state index is 13.2. The van der Waals surface area contributed by atoms with Crippen molar-refractivity contribution in [1.82, 2.24) is 0 Å². The average molecular weight is 1890 g/mol. The Morgan fingerprint density at radius 1 is 0.211 bits per heavy atom. The quantitative estimate of drug-likeness (QED) is 0.0146. The first-order valence-corrected chi connectivity index (χ1v) is 56.4. The molecule has 0 spiro atoms. The predicted octanol–water partition coefficient (Wildman–Crippen LogP) is 34.2. The Hall–Kier alpha value is -5.87. The third kappa shape index (κ3) is 106. The number of hydrogen-bond donors (Lipinski definition) is 4. The number of esters is 3.